The number of phenols is 1. The standard InChI is InChI=1S/C23H20Cl2IN3O7/c1-28-19(33)22(24)7-11-9(3-4-10-14(11)18(32)29(17(10)31)21(27)35)15(23(22,25)20(28)34)8-5-12(26)16(30)13(6-8)36-2/h3,5-6,10-11,14-15,30H,4,7H2,1-2H3,(H2,27,35). The van der Waals surface area contributed by atoms with E-state index in [0.29, 0.717) is 19.6 Å². The van der Waals surface area contributed by atoms with Crippen LogP contribution in [0.4, 0.5) is 4.79 Å². The number of nitrogens with two attached hydrogens (primary N) is 1. The van der Waals surface area contributed by atoms with Gasteiger partial charge in [-0.25, -0.2) is 4.79 Å². The summed E-state index contributed by atoms with van der Waals surface area (Å²) in [5.41, 5.74) is 6.29. The van der Waals surface area contributed by atoms with E-state index in [1.54, 1.807) is 12.1 Å². The van der Waals surface area contributed by atoms with Crippen LogP contribution in [0, 0.1) is 21.3 Å². The molecule has 0 radical (unpaired) electrons. The van der Waals surface area contributed by atoms with Gasteiger partial charge in [0.2, 0.25) is 11.8 Å². The van der Waals surface area contributed by atoms with Crippen LogP contribution in [-0.4, -0.2) is 68.5 Å². The summed E-state index contributed by atoms with van der Waals surface area (Å²) in [6.07, 6.45) is 1.64. The summed E-state index contributed by atoms with van der Waals surface area (Å²) in [6.45, 7) is 0. The quantitative estimate of drug-likeness (QED) is 0.216. The number of phenolic OH excluding ortho intramolecular Hbond substituents is 1. The van der Waals surface area contributed by atoms with Crippen molar-refractivity contribution in [1.29, 1.82) is 0 Å². The Balaban J connectivity index is 1.76. The number of ether oxygens (including phenoxy) is 1. The molecule has 2 aliphatic carbocycles. The molecule has 13 heteroatoms. The predicted octanol–water partition coefficient (Wildman–Crippen LogP) is 2.07. The number of imide groups is 4. The van der Waals surface area contributed by atoms with Crippen LogP contribution in [0.15, 0.2) is 23.8 Å². The molecule has 1 aromatic rings. The van der Waals surface area contributed by atoms with Crippen molar-refractivity contribution >= 4 is 75.5 Å². The number of likely N-dealkylation sites (tertiary alicyclic amines) is 2. The van der Waals surface area contributed by atoms with Crippen molar-refractivity contribution in [1.82, 2.24) is 9.80 Å². The van der Waals surface area contributed by atoms with E-state index in [-0.39, 0.29) is 24.3 Å². The summed E-state index contributed by atoms with van der Waals surface area (Å²) in [4.78, 5) is 62.3. The Bertz CT molecular complexity index is 1320. The number of primary amides is 1. The van der Waals surface area contributed by atoms with Gasteiger partial charge in [0, 0.05) is 13.0 Å². The lowest BCUT2D eigenvalue weighted by Crippen LogP contribution is -2.60. The van der Waals surface area contributed by atoms with E-state index in [0.717, 1.165) is 4.90 Å². The Morgan fingerprint density at radius 1 is 1.17 bits per heavy atom. The number of carbonyl (C=O) groups is 5. The van der Waals surface area contributed by atoms with Crippen LogP contribution in [0.5, 0.6) is 11.5 Å². The molecule has 0 aromatic heterocycles. The minimum absolute atomic E-state index is 0.105. The van der Waals surface area contributed by atoms with Gasteiger partial charge in [-0.2, -0.15) is 4.90 Å². The van der Waals surface area contributed by atoms with Crippen LogP contribution in [0.1, 0.15) is 24.3 Å². The normalized spacial score (nSPS) is 35.4. The van der Waals surface area contributed by atoms with Gasteiger partial charge in [-0.3, -0.25) is 24.1 Å². The molecule has 0 spiro atoms. The molecule has 3 fully saturated rings. The molecular weight excluding hydrogens is 628 g/mol. The molecule has 3 N–H and O–H groups in total. The summed E-state index contributed by atoms with van der Waals surface area (Å²) in [5.74, 6) is -6.55. The summed E-state index contributed by atoms with van der Waals surface area (Å²) in [6, 6.07) is 1.93. The SMILES string of the molecule is COc1cc(C2C3=CCC4C(=O)N(C(N)=O)C(=O)C4C3CC3(Cl)C(=O)N(C)C(=O)C23Cl)cc(I)c1O. The van der Waals surface area contributed by atoms with E-state index in [4.69, 9.17) is 33.7 Å². The Morgan fingerprint density at radius 3 is 2.44 bits per heavy atom. The summed E-state index contributed by atoms with van der Waals surface area (Å²) < 4.78 is 5.70. The maximum Gasteiger partial charge on any atom is 0.328 e. The van der Waals surface area contributed by atoms with Crippen LogP contribution in [0.2, 0.25) is 0 Å². The minimum Gasteiger partial charge on any atom is -0.504 e. The lowest BCUT2D eigenvalue weighted by atomic mass is 9.56. The van der Waals surface area contributed by atoms with Gasteiger partial charge in [0.25, 0.3) is 11.8 Å². The third-order valence-corrected chi connectivity index (χ3v) is 10.1. The number of urea groups is 1. The van der Waals surface area contributed by atoms with E-state index < -0.39 is 63.1 Å². The molecular formula is C23H20Cl2IN3O7. The highest BCUT2D eigenvalue weighted by molar-refractivity contribution is 14.1. The van der Waals surface area contributed by atoms with Gasteiger partial charge in [-0.05, 0) is 59.0 Å². The van der Waals surface area contributed by atoms with E-state index in [2.05, 4.69) is 0 Å². The number of hydrogen-bond donors (Lipinski definition) is 2. The van der Waals surface area contributed by atoms with Crippen molar-refractivity contribution in [2.75, 3.05) is 14.2 Å². The molecule has 2 aliphatic heterocycles. The Kier molecular flexibility index (Phi) is 5.66. The first-order valence-electron chi connectivity index (χ1n) is 10.9. The lowest BCUT2D eigenvalue weighted by molar-refractivity contribution is -0.139. The molecule has 0 bridgehead atoms. The van der Waals surface area contributed by atoms with Crippen molar-refractivity contribution in [3.8, 4) is 11.5 Å². The van der Waals surface area contributed by atoms with Crippen LogP contribution in [0.3, 0.4) is 0 Å². The van der Waals surface area contributed by atoms with Gasteiger partial charge in [0.15, 0.2) is 21.2 Å². The zero-order valence-corrected chi connectivity index (χ0v) is 22.6. The number of rotatable bonds is 2. The first-order valence-corrected chi connectivity index (χ1v) is 12.8. The van der Waals surface area contributed by atoms with Gasteiger partial charge in [-0.15, -0.1) is 23.2 Å². The number of methoxy groups -OCH3 is 1. The molecule has 10 nitrogen and oxygen atoms in total. The highest BCUT2D eigenvalue weighted by Crippen LogP contribution is 2.65. The molecule has 36 heavy (non-hydrogen) atoms. The second-order valence-electron chi connectivity index (χ2n) is 9.40. The molecule has 6 atom stereocenters. The third-order valence-electron chi connectivity index (χ3n) is 7.84. The summed E-state index contributed by atoms with van der Waals surface area (Å²) >= 11 is 16.0. The van der Waals surface area contributed by atoms with Gasteiger partial charge in [0.1, 0.15) is 0 Å². The third kappa shape index (κ3) is 2.93. The van der Waals surface area contributed by atoms with Crippen molar-refractivity contribution in [2.45, 2.75) is 28.5 Å². The molecule has 2 saturated heterocycles. The maximum absolute atomic E-state index is 13.5. The zero-order chi connectivity index (χ0) is 26.5. The number of halogens is 3. The van der Waals surface area contributed by atoms with E-state index in [1.807, 2.05) is 22.6 Å². The fourth-order valence-corrected chi connectivity index (χ4v) is 7.90. The van der Waals surface area contributed by atoms with Crippen molar-refractivity contribution in [3.63, 3.8) is 0 Å². The number of hydrogen-bond acceptors (Lipinski definition) is 7. The van der Waals surface area contributed by atoms with Gasteiger partial charge in [0.05, 0.1) is 22.5 Å². The number of alkyl halides is 2. The van der Waals surface area contributed by atoms with E-state index >= 15 is 0 Å². The smallest absolute Gasteiger partial charge is 0.328 e. The topological polar surface area (TPSA) is 147 Å². The van der Waals surface area contributed by atoms with Gasteiger partial charge < -0.3 is 15.6 Å². The molecule has 1 saturated carbocycles. The van der Waals surface area contributed by atoms with Crippen LogP contribution >= 0.6 is 45.8 Å². The number of allylic oxidation sites excluding steroid dienone is 2. The number of amides is 6. The molecule has 6 amide bonds. The van der Waals surface area contributed by atoms with Crippen LogP contribution in [0.25, 0.3) is 0 Å². The molecule has 4 aliphatic rings. The number of benzene rings is 1. The number of carbonyl (C=O) groups excluding carboxylic acids is 5. The monoisotopic (exact) mass is 647 g/mol. The first kappa shape index (κ1) is 25.3. The van der Waals surface area contributed by atoms with Crippen molar-refractivity contribution in [2.24, 2.45) is 23.5 Å². The largest absolute Gasteiger partial charge is 0.504 e. The Labute approximate surface area is 228 Å². The molecule has 2 heterocycles. The molecule has 5 rings (SSSR count). The van der Waals surface area contributed by atoms with Crippen LogP contribution < -0.4 is 10.5 Å². The van der Waals surface area contributed by atoms with Crippen molar-refractivity contribution < 1.29 is 33.8 Å². The average molecular weight is 648 g/mol. The van der Waals surface area contributed by atoms with Gasteiger partial charge in [-0.1, -0.05) is 11.6 Å². The predicted molar refractivity (Wildman–Crippen MR) is 134 cm³/mol. The fraction of sp³-hybridized carbons (Fsp3) is 0.435. The highest BCUT2D eigenvalue weighted by atomic mass is 127. The van der Waals surface area contributed by atoms with E-state index in [1.165, 1.54) is 20.2 Å². The summed E-state index contributed by atoms with van der Waals surface area (Å²) in [7, 11) is 2.65. The molecule has 190 valence electrons. The van der Waals surface area contributed by atoms with E-state index in [9.17, 15) is 29.1 Å². The second kappa shape index (κ2) is 8.06. The fourth-order valence-electron chi connectivity index (χ4n) is 6.25. The maximum atomic E-state index is 13.5. The first-order chi connectivity index (χ1) is 16.8. The Morgan fingerprint density at radius 2 is 1.83 bits per heavy atom. The van der Waals surface area contributed by atoms with Crippen LogP contribution in [-0.2, 0) is 19.2 Å². The second-order valence-corrected chi connectivity index (χ2v) is 11.8. The average Bonchev–Trinajstić information content (AvgIpc) is 3.16. The number of fused-ring (bicyclic) bond motifs is 4. The number of aromatic hydroxyl groups is 1. The minimum atomic E-state index is -1.96. The Hall–Kier alpha value is -2.38. The van der Waals surface area contributed by atoms with Gasteiger partial charge >= 0.3 is 6.03 Å². The van der Waals surface area contributed by atoms with Crippen molar-refractivity contribution in [3.05, 3.63) is 32.9 Å². The summed E-state index contributed by atoms with van der Waals surface area (Å²) in [5, 5.41) is 10.4. The highest BCUT2D eigenvalue weighted by Gasteiger charge is 2.76. The lowest BCUT2D eigenvalue weighted by Gasteiger charge is -2.50. The molecule has 6 unspecified atom stereocenters. The molecule has 1 aromatic carbocycles. The zero-order valence-electron chi connectivity index (χ0n) is 19.0. The number of nitrogens with zero attached hydrogens (tertiary/aromatic N) is 2.